The average molecular weight is 223 g/mol. The Morgan fingerprint density at radius 3 is 2.54 bits per heavy atom. The summed E-state index contributed by atoms with van der Waals surface area (Å²) in [6.07, 6.45) is 1.55. The molecule has 0 N–H and O–H groups in total. The van der Waals surface area contributed by atoms with Gasteiger partial charge in [0, 0.05) is 5.41 Å². The van der Waals surface area contributed by atoms with E-state index in [0.717, 1.165) is 5.41 Å². The van der Waals surface area contributed by atoms with Crippen LogP contribution < -0.4 is 0 Å². The minimum atomic E-state index is -3.22. The quantitative estimate of drug-likeness (QED) is 0.643. The van der Waals surface area contributed by atoms with E-state index < -0.39 is 20.9 Å². The zero-order chi connectivity index (χ0) is 10.5. The van der Waals surface area contributed by atoms with Crippen LogP contribution in [0.4, 0.5) is 0 Å². The fourth-order valence-corrected chi connectivity index (χ4v) is 1.44. The molecule has 13 heavy (non-hydrogen) atoms. The van der Waals surface area contributed by atoms with E-state index in [2.05, 4.69) is 6.58 Å². The maximum Gasteiger partial charge on any atom is 0.171 e. The molecule has 0 aliphatic rings. The maximum absolute atomic E-state index is 10.8. The smallest absolute Gasteiger partial charge is 0.171 e. The molecule has 0 aromatic heterocycles. The van der Waals surface area contributed by atoms with Gasteiger partial charge in [0.25, 0.3) is 0 Å². The Balaban J connectivity index is 4.15. The lowest BCUT2D eigenvalue weighted by atomic mass is 10.4. The fourth-order valence-electron chi connectivity index (χ4n) is 0.578. The highest BCUT2D eigenvalue weighted by atomic mass is 32.2. The Morgan fingerprint density at radius 2 is 2.15 bits per heavy atom. The lowest BCUT2D eigenvalue weighted by Gasteiger charge is -2.03. The van der Waals surface area contributed by atoms with Gasteiger partial charge in [-0.25, -0.2) is 8.42 Å². The summed E-state index contributed by atoms with van der Waals surface area (Å²) >= 11 is -2.25. The molecule has 0 spiro atoms. The van der Waals surface area contributed by atoms with E-state index in [1.807, 2.05) is 0 Å². The summed E-state index contributed by atoms with van der Waals surface area (Å²) in [7, 11) is -3.22. The van der Waals surface area contributed by atoms with Crippen LogP contribution in [0.1, 0.15) is 13.3 Å². The van der Waals surface area contributed by atoms with E-state index in [-0.39, 0.29) is 17.1 Å². The van der Waals surface area contributed by atoms with Gasteiger partial charge in [0.1, 0.15) is 0 Å². The van der Waals surface area contributed by atoms with Crippen LogP contribution in [0.3, 0.4) is 0 Å². The summed E-state index contributed by atoms with van der Waals surface area (Å²) in [6.45, 7) is 4.54. The molecule has 6 heteroatoms. The van der Waals surface area contributed by atoms with Crippen molar-refractivity contribution in [2.75, 3.05) is 5.75 Å². The summed E-state index contributed by atoms with van der Waals surface area (Å²) in [5.74, 6) is -0.106. The van der Waals surface area contributed by atoms with Gasteiger partial charge in [-0.2, -0.15) is 0 Å². The van der Waals surface area contributed by atoms with Gasteiger partial charge in [-0.3, -0.25) is 4.21 Å². The van der Waals surface area contributed by atoms with Crippen molar-refractivity contribution in [3.05, 3.63) is 23.0 Å². The van der Waals surface area contributed by atoms with E-state index in [1.54, 1.807) is 0 Å². The average Bonchev–Trinajstić information content (AvgIpc) is 2.04. The van der Waals surface area contributed by atoms with Crippen molar-refractivity contribution in [1.29, 1.82) is 0 Å². The number of rotatable bonds is 5. The Bertz CT molecular complexity index is 326. The van der Waals surface area contributed by atoms with Crippen molar-refractivity contribution < 1.29 is 17.2 Å². The molecular weight excluding hydrogens is 212 g/mol. The molecule has 0 aliphatic heterocycles. The lowest BCUT2D eigenvalue weighted by Crippen LogP contribution is -2.00. The minimum absolute atomic E-state index is 0.106. The summed E-state index contributed by atoms with van der Waals surface area (Å²) < 4.78 is 42.3. The predicted octanol–water partition coefficient (Wildman–Crippen LogP) is 0.718. The second-order valence-corrected chi connectivity index (χ2v) is 5.55. The number of hydrogen-bond acceptors (Lipinski definition) is 4. The molecule has 1 atom stereocenters. The van der Waals surface area contributed by atoms with Gasteiger partial charge in [-0.15, -0.1) is 0 Å². The third kappa shape index (κ3) is 5.73. The SMILES string of the molecule is C=CS(=O)(=O)CCC=C(C)S(=O)[O-]. The molecule has 76 valence electrons. The van der Waals surface area contributed by atoms with Crippen molar-refractivity contribution in [1.82, 2.24) is 0 Å². The van der Waals surface area contributed by atoms with Crippen LogP contribution >= 0.6 is 0 Å². The Morgan fingerprint density at radius 1 is 1.62 bits per heavy atom. The van der Waals surface area contributed by atoms with Gasteiger partial charge in [0.05, 0.1) is 5.75 Å². The molecule has 0 amide bonds. The molecule has 0 radical (unpaired) electrons. The maximum atomic E-state index is 10.8. The van der Waals surface area contributed by atoms with Gasteiger partial charge in [0.2, 0.25) is 0 Å². The summed E-state index contributed by atoms with van der Waals surface area (Å²) in [5, 5.41) is 0.865. The standard InChI is InChI=1S/C7H12O4S2/c1-3-13(10,11)6-4-5-7(2)12(8)9/h3,5H,1,4,6H2,2H3,(H,8,9)/p-1. The van der Waals surface area contributed by atoms with Crippen LogP contribution in [-0.2, 0) is 20.9 Å². The van der Waals surface area contributed by atoms with E-state index in [0.29, 0.717) is 0 Å². The topological polar surface area (TPSA) is 74.3 Å². The first-order valence-electron chi connectivity index (χ1n) is 3.50. The van der Waals surface area contributed by atoms with Crippen LogP contribution in [0.5, 0.6) is 0 Å². The summed E-state index contributed by atoms with van der Waals surface area (Å²) in [4.78, 5) is 0.152. The highest BCUT2D eigenvalue weighted by molar-refractivity contribution is 7.94. The van der Waals surface area contributed by atoms with Gasteiger partial charge in [0.15, 0.2) is 9.84 Å². The molecule has 0 heterocycles. The van der Waals surface area contributed by atoms with Gasteiger partial charge < -0.3 is 4.55 Å². The molecule has 0 bridgehead atoms. The highest BCUT2D eigenvalue weighted by Crippen LogP contribution is 2.01. The number of sulfone groups is 1. The molecule has 0 fully saturated rings. The molecule has 0 aromatic rings. The lowest BCUT2D eigenvalue weighted by molar-refractivity contribution is 0.543. The fraction of sp³-hybridized carbons (Fsp3) is 0.429. The van der Waals surface area contributed by atoms with Gasteiger partial charge in [-0.1, -0.05) is 12.7 Å². The van der Waals surface area contributed by atoms with E-state index in [4.69, 9.17) is 0 Å². The highest BCUT2D eigenvalue weighted by Gasteiger charge is 2.02. The zero-order valence-electron chi connectivity index (χ0n) is 7.23. The van der Waals surface area contributed by atoms with Crippen LogP contribution in [0.15, 0.2) is 23.0 Å². The van der Waals surface area contributed by atoms with Crippen LogP contribution in [0.25, 0.3) is 0 Å². The number of hydrogen-bond donors (Lipinski definition) is 0. The Kier molecular flexibility index (Phi) is 5.12. The van der Waals surface area contributed by atoms with E-state index >= 15 is 0 Å². The monoisotopic (exact) mass is 223 g/mol. The predicted molar refractivity (Wildman–Crippen MR) is 51.3 cm³/mol. The molecule has 0 aromatic carbocycles. The molecule has 0 saturated carbocycles. The largest absolute Gasteiger partial charge is 0.769 e. The second-order valence-electron chi connectivity index (χ2n) is 2.37. The van der Waals surface area contributed by atoms with Crippen LogP contribution in [0.2, 0.25) is 0 Å². The summed E-state index contributed by atoms with van der Waals surface area (Å²) in [5.41, 5.74) is 0. The van der Waals surface area contributed by atoms with Gasteiger partial charge >= 0.3 is 0 Å². The molecule has 0 rings (SSSR count). The zero-order valence-corrected chi connectivity index (χ0v) is 8.86. The minimum Gasteiger partial charge on any atom is -0.769 e. The van der Waals surface area contributed by atoms with Crippen molar-refractivity contribution in [2.24, 2.45) is 0 Å². The third-order valence-electron chi connectivity index (χ3n) is 1.35. The van der Waals surface area contributed by atoms with E-state index in [1.165, 1.54) is 13.0 Å². The Hall–Kier alpha value is -0.460. The molecule has 4 nitrogen and oxygen atoms in total. The first-order chi connectivity index (χ1) is 5.89. The molecule has 0 aliphatic carbocycles. The summed E-state index contributed by atoms with van der Waals surface area (Å²) in [6, 6.07) is 0. The molecule has 0 saturated heterocycles. The first-order valence-corrected chi connectivity index (χ1v) is 6.29. The van der Waals surface area contributed by atoms with Crippen LogP contribution in [-0.4, -0.2) is 22.9 Å². The van der Waals surface area contributed by atoms with Crippen molar-refractivity contribution in [2.45, 2.75) is 13.3 Å². The first kappa shape index (κ1) is 12.5. The number of allylic oxidation sites excluding steroid dienone is 2. The van der Waals surface area contributed by atoms with Crippen molar-refractivity contribution in [3.8, 4) is 0 Å². The third-order valence-corrected chi connectivity index (χ3v) is 3.36. The van der Waals surface area contributed by atoms with Crippen LogP contribution in [0, 0.1) is 0 Å². The van der Waals surface area contributed by atoms with E-state index in [9.17, 15) is 17.2 Å². The van der Waals surface area contributed by atoms with Gasteiger partial charge in [-0.05, 0) is 29.3 Å². The molecular formula is C7H11O4S2-. The van der Waals surface area contributed by atoms with Crippen molar-refractivity contribution >= 4 is 20.9 Å². The Labute approximate surface area is 80.6 Å². The van der Waals surface area contributed by atoms with Crippen molar-refractivity contribution in [3.63, 3.8) is 0 Å². The second kappa shape index (κ2) is 5.31. The normalized spacial score (nSPS) is 15.4. The molecule has 1 unspecified atom stereocenters.